The van der Waals surface area contributed by atoms with E-state index in [2.05, 4.69) is 0 Å². The average Bonchev–Trinajstić information content (AvgIpc) is 2.66. The van der Waals surface area contributed by atoms with Crippen LogP contribution >= 0.6 is 11.6 Å². The van der Waals surface area contributed by atoms with Gasteiger partial charge >= 0.3 is 5.97 Å². The molecule has 3 rings (SSSR count). The first-order chi connectivity index (χ1) is 13.7. The number of hydrogen-bond acceptors (Lipinski definition) is 4. The molecule has 0 bridgehead atoms. The predicted octanol–water partition coefficient (Wildman–Crippen LogP) is 4.58. The van der Waals surface area contributed by atoms with E-state index >= 15 is 0 Å². The second-order valence-corrected chi connectivity index (χ2v) is 8.31. The average molecular weight is 439 g/mol. The van der Waals surface area contributed by atoms with E-state index in [1.807, 2.05) is 0 Å². The van der Waals surface area contributed by atoms with Gasteiger partial charge in [-0.3, -0.25) is 0 Å². The Hall–Kier alpha value is -2.97. The number of ether oxygens (including phenoxy) is 1. The Balaban J connectivity index is 2.05. The van der Waals surface area contributed by atoms with E-state index in [0.29, 0.717) is 0 Å². The molecule has 9 heteroatoms. The third kappa shape index (κ3) is 4.55. The first-order valence-corrected chi connectivity index (χ1v) is 9.99. The Kier molecular flexibility index (Phi) is 5.86. The minimum absolute atomic E-state index is 0.0459. The van der Waals surface area contributed by atoms with Gasteiger partial charge in [0.1, 0.15) is 17.4 Å². The lowest BCUT2D eigenvalue weighted by atomic mass is 10.0. The van der Waals surface area contributed by atoms with Crippen molar-refractivity contribution in [2.75, 3.05) is 6.61 Å². The van der Waals surface area contributed by atoms with Crippen LogP contribution in [0.15, 0.2) is 70.5 Å². The first-order valence-electron chi connectivity index (χ1n) is 8.13. The van der Waals surface area contributed by atoms with Crippen LogP contribution in [0.5, 0.6) is 5.75 Å². The van der Waals surface area contributed by atoms with E-state index in [4.69, 9.17) is 21.4 Å². The van der Waals surface area contributed by atoms with Crippen molar-refractivity contribution in [2.24, 2.45) is 0 Å². The molecule has 0 saturated carbocycles. The van der Waals surface area contributed by atoms with Crippen molar-refractivity contribution in [3.63, 3.8) is 0 Å². The Bertz CT molecular complexity index is 1200. The SMILES string of the molecule is O=C(O)COc1ccc(F)cc1-c1ccc(S(=O)(=O)c2cccc(Cl)c2)cc1F. The smallest absolute Gasteiger partial charge is 0.341 e. The van der Waals surface area contributed by atoms with E-state index in [-0.39, 0.29) is 31.7 Å². The molecule has 0 atom stereocenters. The van der Waals surface area contributed by atoms with Crippen LogP contribution in [-0.2, 0) is 14.6 Å². The van der Waals surface area contributed by atoms with Gasteiger partial charge in [-0.1, -0.05) is 17.7 Å². The highest BCUT2D eigenvalue weighted by Gasteiger charge is 2.21. The summed E-state index contributed by atoms with van der Waals surface area (Å²) in [4.78, 5) is 10.3. The Morgan fingerprint density at radius 2 is 1.69 bits per heavy atom. The fraction of sp³-hybridized carbons (Fsp3) is 0.0500. The van der Waals surface area contributed by atoms with Gasteiger partial charge in [0, 0.05) is 16.1 Å². The zero-order valence-electron chi connectivity index (χ0n) is 14.6. The summed E-state index contributed by atoms with van der Waals surface area (Å²) in [5.41, 5.74) is -0.189. The van der Waals surface area contributed by atoms with Crippen LogP contribution in [0.3, 0.4) is 0 Å². The summed E-state index contributed by atoms with van der Waals surface area (Å²) in [6.07, 6.45) is 0. The Labute approximate surface area is 170 Å². The topological polar surface area (TPSA) is 80.7 Å². The van der Waals surface area contributed by atoms with Gasteiger partial charge in [0.05, 0.1) is 9.79 Å². The van der Waals surface area contributed by atoms with Gasteiger partial charge in [-0.25, -0.2) is 22.0 Å². The summed E-state index contributed by atoms with van der Waals surface area (Å²) in [5, 5.41) is 8.96. The minimum Gasteiger partial charge on any atom is -0.481 e. The lowest BCUT2D eigenvalue weighted by molar-refractivity contribution is -0.139. The second-order valence-electron chi connectivity index (χ2n) is 5.93. The van der Waals surface area contributed by atoms with Crippen LogP contribution in [-0.4, -0.2) is 26.1 Å². The van der Waals surface area contributed by atoms with Crippen LogP contribution in [0.4, 0.5) is 8.78 Å². The summed E-state index contributed by atoms with van der Waals surface area (Å²) in [7, 11) is -4.03. The molecule has 0 aliphatic rings. The molecule has 0 spiro atoms. The maximum absolute atomic E-state index is 14.8. The molecule has 0 fully saturated rings. The number of carboxylic acid groups (broad SMARTS) is 1. The summed E-state index contributed by atoms with van der Waals surface area (Å²) in [6.45, 7) is -0.707. The molecule has 0 unspecified atom stereocenters. The van der Waals surface area contributed by atoms with E-state index in [0.717, 1.165) is 24.3 Å². The van der Waals surface area contributed by atoms with Gasteiger partial charge in [0.25, 0.3) is 0 Å². The van der Waals surface area contributed by atoms with Crippen LogP contribution < -0.4 is 4.74 Å². The summed E-state index contributed by atoms with van der Waals surface area (Å²) in [5.74, 6) is -2.96. The van der Waals surface area contributed by atoms with E-state index in [1.165, 1.54) is 36.4 Å². The van der Waals surface area contributed by atoms with Gasteiger partial charge in [-0.05, 0) is 54.6 Å². The molecule has 0 aliphatic carbocycles. The van der Waals surface area contributed by atoms with Gasteiger partial charge < -0.3 is 9.84 Å². The molecule has 0 heterocycles. The van der Waals surface area contributed by atoms with Crippen molar-refractivity contribution in [3.05, 3.63) is 77.3 Å². The van der Waals surface area contributed by atoms with Crippen molar-refractivity contribution in [1.82, 2.24) is 0 Å². The maximum atomic E-state index is 14.8. The van der Waals surface area contributed by atoms with Gasteiger partial charge in [0.15, 0.2) is 6.61 Å². The number of rotatable bonds is 6. The lowest BCUT2D eigenvalue weighted by Gasteiger charge is -2.12. The van der Waals surface area contributed by atoms with Crippen molar-refractivity contribution in [3.8, 4) is 16.9 Å². The highest BCUT2D eigenvalue weighted by Crippen LogP contribution is 2.34. The molecule has 5 nitrogen and oxygen atoms in total. The van der Waals surface area contributed by atoms with Gasteiger partial charge in [0.2, 0.25) is 9.84 Å². The van der Waals surface area contributed by atoms with Gasteiger partial charge in [-0.15, -0.1) is 0 Å². The Morgan fingerprint density at radius 1 is 0.966 bits per heavy atom. The summed E-state index contributed by atoms with van der Waals surface area (Å²) >= 11 is 5.83. The van der Waals surface area contributed by atoms with Gasteiger partial charge in [-0.2, -0.15) is 0 Å². The largest absolute Gasteiger partial charge is 0.481 e. The third-order valence-corrected chi connectivity index (χ3v) is 5.92. The summed E-state index contributed by atoms with van der Waals surface area (Å²) < 4.78 is 59.0. The number of sulfone groups is 1. The van der Waals surface area contributed by atoms with Crippen LogP contribution in [0.1, 0.15) is 0 Å². The molecular formula is C20H13ClF2O5S. The standard InChI is InChI=1S/C20H13ClF2O5S/c21-12-2-1-3-14(8-12)29(26,27)15-5-6-16(18(23)10-15)17-9-13(22)4-7-19(17)28-11-20(24)25/h1-10H,11H2,(H,24,25). The molecule has 0 amide bonds. The number of carboxylic acids is 1. The molecule has 3 aromatic carbocycles. The molecular weight excluding hydrogens is 426 g/mol. The zero-order valence-corrected chi connectivity index (χ0v) is 16.2. The maximum Gasteiger partial charge on any atom is 0.341 e. The molecule has 150 valence electrons. The molecule has 0 radical (unpaired) electrons. The van der Waals surface area contributed by atoms with E-state index in [1.54, 1.807) is 0 Å². The number of halogens is 3. The number of hydrogen-bond donors (Lipinski definition) is 1. The molecule has 0 aromatic heterocycles. The molecule has 29 heavy (non-hydrogen) atoms. The van der Waals surface area contributed by atoms with E-state index in [9.17, 15) is 22.0 Å². The van der Waals surface area contributed by atoms with Crippen molar-refractivity contribution in [1.29, 1.82) is 0 Å². The summed E-state index contributed by atoms with van der Waals surface area (Å²) in [6, 6.07) is 11.9. The fourth-order valence-corrected chi connectivity index (χ4v) is 4.20. The number of aliphatic carboxylic acids is 1. The normalized spacial score (nSPS) is 11.3. The monoisotopic (exact) mass is 438 g/mol. The van der Waals surface area contributed by atoms with Crippen LogP contribution in [0, 0.1) is 11.6 Å². The van der Waals surface area contributed by atoms with Crippen molar-refractivity contribution < 1.29 is 31.8 Å². The molecule has 1 N–H and O–H groups in total. The third-order valence-electron chi connectivity index (χ3n) is 3.94. The molecule has 0 aliphatic heterocycles. The fourth-order valence-electron chi connectivity index (χ4n) is 2.63. The predicted molar refractivity (Wildman–Crippen MR) is 102 cm³/mol. The lowest BCUT2D eigenvalue weighted by Crippen LogP contribution is -2.10. The zero-order chi connectivity index (χ0) is 21.2. The Morgan fingerprint density at radius 3 is 2.34 bits per heavy atom. The first kappa shape index (κ1) is 20.8. The second kappa shape index (κ2) is 8.18. The number of carbonyl (C=O) groups is 1. The number of benzene rings is 3. The quantitative estimate of drug-likeness (QED) is 0.609. The minimum atomic E-state index is -4.03. The highest BCUT2D eigenvalue weighted by atomic mass is 35.5. The van der Waals surface area contributed by atoms with Crippen LogP contribution in [0.25, 0.3) is 11.1 Å². The molecule has 0 saturated heterocycles. The van der Waals surface area contributed by atoms with E-state index < -0.39 is 34.0 Å². The van der Waals surface area contributed by atoms with Crippen LogP contribution in [0.2, 0.25) is 5.02 Å². The van der Waals surface area contributed by atoms with Crippen molar-refractivity contribution in [2.45, 2.75) is 9.79 Å². The molecule has 3 aromatic rings. The van der Waals surface area contributed by atoms with Crippen molar-refractivity contribution >= 4 is 27.4 Å². The highest BCUT2D eigenvalue weighted by molar-refractivity contribution is 7.91.